The molecule has 0 aliphatic heterocycles. The van der Waals surface area contributed by atoms with Crippen LogP contribution in [0.1, 0.15) is 21.6 Å². The molecule has 0 radical (unpaired) electrons. The lowest BCUT2D eigenvalue weighted by Gasteiger charge is -2.07. The van der Waals surface area contributed by atoms with Gasteiger partial charge in [-0.25, -0.2) is 4.79 Å². The molecule has 5 heteroatoms. The van der Waals surface area contributed by atoms with Gasteiger partial charge in [0.2, 0.25) is 0 Å². The molecule has 0 aliphatic carbocycles. The van der Waals surface area contributed by atoms with Crippen molar-refractivity contribution < 1.29 is 9.90 Å². The summed E-state index contributed by atoms with van der Waals surface area (Å²) >= 11 is 0. The fourth-order valence-corrected chi connectivity index (χ4v) is 2.48. The number of aromatic carboxylic acids is 1. The molecule has 1 N–H and O–H groups in total. The summed E-state index contributed by atoms with van der Waals surface area (Å²) in [6.07, 6.45) is 1.91. The molecule has 0 fully saturated rings. The maximum atomic E-state index is 11.4. The number of fused-ring (bicyclic) bond motifs is 1. The van der Waals surface area contributed by atoms with Gasteiger partial charge < -0.3 is 14.2 Å². The van der Waals surface area contributed by atoms with Crippen LogP contribution >= 0.6 is 0 Å². The summed E-state index contributed by atoms with van der Waals surface area (Å²) < 4.78 is 3.68. The second-order valence-corrected chi connectivity index (χ2v) is 4.93. The van der Waals surface area contributed by atoms with Gasteiger partial charge in [0.25, 0.3) is 0 Å². The lowest BCUT2D eigenvalue weighted by atomic mass is 10.1. The van der Waals surface area contributed by atoms with Crippen LogP contribution in [0.3, 0.4) is 0 Å². The molecule has 21 heavy (non-hydrogen) atoms. The third-order valence-electron chi connectivity index (χ3n) is 3.60. The van der Waals surface area contributed by atoms with E-state index in [9.17, 15) is 9.90 Å². The number of hydrogen-bond donors (Lipinski definition) is 1. The van der Waals surface area contributed by atoms with Crippen LogP contribution in [0.15, 0.2) is 42.6 Å². The molecule has 2 heterocycles. The number of carboxylic acids is 1. The first-order chi connectivity index (χ1) is 10.1. The van der Waals surface area contributed by atoms with Gasteiger partial charge in [0.15, 0.2) is 0 Å². The fourth-order valence-electron chi connectivity index (χ4n) is 2.48. The quantitative estimate of drug-likeness (QED) is 0.801. The number of nitrogens with zero attached hydrogens (tertiary/aromatic N) is 3. The van der Waals surface area contributed by atoms with Crippen molar-refractivity contribution in [2.45, 2.75) is 6.54 Å². The van der Waals surface area contributed by atoms with Crippen molar-refractivity contribution in [1.82, 2.24) is 9.13 Å². The van der Waals surface area contributed by atoms with E-state index in [2.05, 4.69) is 6.07 Å². The summed E-state index contributed by atoms with van der Waals surface area (Å²) in [5.74, 6) is -0.945. The Morgan fingerprint density at radius 3 is 2.57 bits per heavy atom. The van der Waals surface area contributed by atoms with Crippen LogP contribution in [-0.2, 0) is 13.6 Å². The largest absolute Gasteiger partial charge is 0.477 e. The van der Waals surface area contributed by atoms with Gasteiger partial charge >= 0.3 is 5.97 Å². The predicted octanol–water partition coefficient (Wildman–Crippen LogP) is 2.60. The Hall–Kier alpha value is -3.00. The van der Waals surface area contributed by atoms with Crippen molar-refractivity contribution >= 4 is 17.0 Å². The summed E-state index contributed by atoms with van der Waals surface area (Å²) in [7, 11) is 1.89. The molecule has 5 nitrogen and oxygen atoms in total. The number of carboxylic acid groups (broad SMARTS) is 1. The minimum Gasteiger partial charge on any atom is -0.477 e. The number of hydrogen-bond acceptors (Lipinski definition) is 2. The van der Waals surface area contributed by atoms with Crippen molar-refractivity contribution in [2.24, 2.45) is 7.05 Å². The maximum Gasteiger partial charge on any atom is 0.352 e. The van der Waals surface area contributed by atoms with Gasteiger partial charge in [-0.3, -0.25) is 0 Å². The summed E-state index contributed by atoms with van der Waals surface area (Å²) in [5, 5.41) is 18.2. The average Bonchev–Trinajstić information content (AvgIpc) is 3.01. The van der Waals surface area contributed by atoms with E-state index in [0.717, 1.165) is 16.6 Å². The first-order valence-corrected chi connectivity index (χ1v) is 6.47. The average molecular weight is 279 g/mol. The van der Waals surface area contributed by atoms with Crippen LogP contribution in [0.2, 0.25) is 0 Å². The molecular weight excluding hydrogens is 266 g/mol. The van der Waals surface area contributed by atoms with Crippen molar-refractivity contribution in [1.29, 1.82) is 5.26 Å². The molecule has 0 bridgehead atoms. The molecule has 0 saturated carbocycles. The van der Waals surface area contributed by atoms with Crippen LogP contribution in [-0.4, -0.2) is 20.2 Å². The highest BCUT2D eigenvalue weighted by atomic mass is 16.4. The molecule has 2 aromatic heterocycles. The maximum absolute atomic E-state index is 11.4. The standard InChI is InChI=1S/C16H13N3O2/c1-18-7-6-13-14(18)8-15(16(20)21)19(13)10-12-4-2-11(9-17)3-5-12/h2-8H,10H2,1H3,(H,20,21). The molecule has 0 aliphatic rings. The molecule has 0 spiro atoms. The Morgan fingerprint density at radius 1 is 1.24 bits per heavy atom. The van der Waals surface area contributed by atoms with Crippen molar-refractivity contribution in [3.63, 3.8) is 0 Å². The Bertz CT molecular complexity index is 863. The third-order valence-corrected chi connectivity index (χ3v) is 3.60. The van der Waals surface area contributed by atoms with E-state index in [1.54, 1.807) is 22.8 Å². The lowest BCUT2D eigenvalue weighted by molar-refractivity contribution is 0.0686. The Labute approximate surface area is 121 Å². The Kier molecular flexibility index (Phi) is 2.99. The van der Waals surface area contributed by atoms with Crippen molar-refractivity contribution in [2.75, 3.05) is 0 Å². The van der Waals surface area contributed by atoms with Gasteiger partial charge in [-0.1, -0.05) is 12.1 Å². The zero-order valence-corrected chi connectivity index (χ0v) is 11.4. The summed E-state index contributed by atoms with van der Waals surface area (Å²) in [6, 6.07) is 12.8. The topological polar surface area (TPSA) is 71.0 Å². The second-order valence-electron chi connectivity index (χ2n) is 4.93. The Balaban J connectivity index is 2.07. The molecule has 1 aromatic carbocycles. The van der Waals surface area contributed by atoms with E-state index in [-0.39, 0.29) is 5.69 Å². The van der Waals surface area contributed by atoms with Gasteiger partial charge in [0, 0.05) is 19.8 Å². The number of aromatic nitrogens is 2. The molecule has 0 atom stereocenters. The minimum atomic E-state index is -0.945. The Morgan fingerprint density at radius 2 is 1.95 bits per heavy atom. The highest BCUT2D eigenvalue weighted by Gasteiger charge is 2.16. The van der Waals surface area contributed by atoms with Crippen molar-refractivity contribution in [3.05, 3.63) is 59.4 Å². The summed E-state index contributed by atoms with van der Waals surface area (Å²) in [6.45, 7) is 0.459. The summed E-state index contributed by atoms with van der Waals surface area (Å²) in [4.78, 5) is 11.4. The molecular formula is C16H13N3O2. The fraction of sp³-hybridized carbons (Fsp3) is 0.125. The molecule has 104 valence electrons. The highest BCUT2D eigenvalue weighted by molar-refractivity contribution is 5.93. The van der Waals surface area contributed by atoms with E-state index in [4.69, 9.17) is 5.26 Å². The van der Waals surface area contributed by atoms with Crippen molar-refractivity contribution in [3.8, 4) is 6.07 Å². The first kappa shape index (κ1) is 13.0. The molecule has 3 rings (SSSR count). The SMILES string of the molecule is Cn1ccc2c1cc(C(=O)O)n2Cc1ccc(C#N)cc1. The second kappa shape index (κ2) is 4.84. The molecule has 0 amide bonds. The van der Waals surface area contributed by atoms with E-state index < -0.39 is 5.97 Å². The number of carbonyl (C=O) groups is 1. The van der Waals surface area contributed by atoms with Gasteiger partial charge in [-0.05, 0) is 29.8 Å². The number of benzene rings is 1. The van der Waals surface area contributed by atoms with Crippen LogP contribution in [0.5, 0.6) is 0 Å². The van der Waals surface area contributed by atoms with E-state index >= 15 is 0 Å². The minimum absolute atomic E-state index is 0.264. The van der Waals surface area contributed by atoms with Gasteiger partial charge in [-0.2, -0.15) is 5.26 Å². The van der Waals surface area contributed by atoms with Crippen LogP contribution in [0, 0.1) is 11.3 Å². The molecule has 0 unspecified atom stereocenters. The number of nitriles is 1. The van der Waals surface area contributed by atoms with E-state index in [1.165, 1.54) is 0 Å². The number of rotatable bonds is 3. The van der Waals surface area contributed by atoms with Crippen LogP contribution in [0.4, 0.5) is 0 Å². The van der Waals surface area contributed by atoms with Gasteiger partial charge in [0.1, 0.15) is 5.69 Å². The predicted molar refractivity (Wildman–Crippen MR) is 78.1 cm³/mol. The monoisotopic (exact) mass is 279 g/mol. The summed E-state index contributed by atoms with van der Waals surface area (Å²) in [5.41, 5.74) is 3.59. The van der Waals surface area contributed by atoms with Crippen LogP contribution in [0.25, 0.3) is 11.0 Å². The zero-order chi connectivity index (χ0) is 15.0. The lowest BCUT2D eigenvalue weighted by Crippen LogP contribution is -2.09. The highest BCUT2D eigenvalue weighted by Crippen LogP contribution is 2.22. The van der Waals surface area contributed by atoms with Gasteiger partial charge in [0.05, 0.1) is 22.7 Å². The molecule has 3 aromatic rings. The normalized spacial score (nSPS) is 10.7. The number of aryl methyl sites for hydroxylation is 1. The van der Waals surface area contributed by atoms with Gasteiger partial charge in [-0.15, -0.1) is 0 Å². The molecule has 0 saturated heterocycles. The van der Waals surface area contributed by atoms with E-state index in [1.807, 2.05) is 36.0 Å². The van der Waals surface area contributed by atoms with Crippen LogP contribution < -0.4 is 0 Å². The van der Waals surface area contributed by atoms with E-state index in [0.29, 0.717) is 12.1 Å². The third kappa shape index (κ3) is 2.17. The zero-order valence-electron chi connectivity index (χ0n) is 11.4. The smallest absolute Gasteiger partial charge is 0.352 e. The first-order valence-electron chi connectivity index (χ1n) is 6.47.